The second-order valence-corrected chi connectivity index (χ2v) is 8.56. The Balaban J connectivity index is 1.53. The molecule has 3 heterocycles. The number of piperidine rings is 1. The number of carbonyl (C=O) groups excluding carboxylic acids is 1. The first kappa shape index (κ1) is 22.3. The lowest BCUT2D eigenvalue weighted by molar-refractivity contribution is -0.114. The minimum Gasteiger partial charge on any atom is -0.371 e. The molecule has 0 aliphatic carbocycles. The Labute approximate surface area is 203 Å². The maximum absolute atomic E-state index is 11.9. The van der Waals surface area contributed by atoms with Crippen LogP contribution in [0.4, 0.5) is 23.0 Å². The molecule has 4 aromatic rings. The fourth-order valence-electron chi connectivity index (χ4n) is 4.41. The van der Waals surface area contributed by atoms with Gasteiger partial charge in [-0.25, -0.2) is 9.83 Å². The third-order valence-electron chi connectivity index (χ3n) is 6.18. The van der Waals surface area contributed by atoms with Crippen LogP contribution in [0.3, 0.4) is 0 Å². The molecule has 0 saturated carbocycles. The summed E-state index contributed by atoms with van der Waals surface area (Å²) in [6.07, 6.45) is 6.87. The number of H-pyrrole nitrogens is 1. The molecule has 35 heavy (non-hydrogen) atoms. The molecule has 0 spiro atoms. The zero-order chi connectivity index (χ0) is 24.2. The van der Waals surface area contributed by atoms with Crippen molar-refractivity contribution in [1.82, 2.24) is 20.2 Å². The number of carbonyl (C=O) groups is 1. The number of allylic oxidation sites excluding steroid dienone is 1. The Morgan fingerprint density at radius 1 is 1.17 bits per heavy atom. The van der Waals surface area contributed by atoms with Crippen LogP contribution in [-0.2, 0) is 11.2 Å². The van der Waals surface area contributed by atoms with Gasteiger partial charge in [0.2, 0.25) is 5.95 Å². The highest BCUT2D eigenvalue weighted by molar-refractivity contribution is 5.96. The van der Waals surface area contributed by atoms with Gasteiger partial charge in [0.1, 0.15) is 0 Å². The molecule has 2 aromatic carbocycles. The molecule has 1 aliphatic heterocycles. The number of nitrogens with one attached hydrogen (secondary N) is 2. The predicted molar refractivity (Wildman–Crippen MR) is 138 cm³/mol. The van der Waals surface area contributed by atoms with Crippen molar-refractivity contribution in [3.05, 3.63) is 78.3 Å². The van der Waals surface area contributed by atoms with E-state index < -0.39 is 0 Å². The van der Waals surface area contributed by atoms with Crippen molar-refractivity contribution in [2.75, 3.05) is 23.3 Å². The fourth-order valence-corrected chi connectivity index (χ4v) is 4.41. The van der Waals surface area contributed by atoms with E-state index in [-0.39, 0.29) is 12.2 Å². The first-order valence-electron chi connectivity index (χ1n) is 11.6. The lowest BCUT2D eigenvalue weighted by Crippen LogP contribution is -2.29. The summed E-state index contributed by atoms with van der Waals surface area (Å²) in [4.78, 5) is 27.4. The molecule has 8 nitrogen and oxygen atoms in total. The van der Waals surface area contributed by atoms with Crippen molar-refractivity contribution in [2.45, 2.75) is 25.7 Å². The Morgan fingerprint density at radius 3 is 2.83 bits per heavy atom. The van der Waals surface area contributed by atoms with Crippen LogP contribution in [0.25, 0.3) is 27.1 Å². The number of hydrogen-bond donors (Lipinski definition) is 2. The number of ketones is 1. The van der Waals surface area contributed by atoms with Crippen molar-refractivity contribution in [2.24, 2.45) is 0 Å². The molecule has 1 fully saturated rings. The predicted octanol–water partition coefficient (Wildman–Crippen LogP) is 5.60. The van der Waals surface area contributed by atoms with Crippen molar-refractivity contribution in [1.29, 1.82) is 0 Å². The number of aromatic amines is 1. The molecule has 0 atom stereocenters. The Kier molecular flexibility index (Phi) is 6.22. The summed E-state index contributed by atoms with van der Waals surface area (Å²) >= 11 is 0. The molecule has 2 aromatic heterocycles. The number of fused-ring (bicyclic) bond motifs is 1. The van der Waals surface area contributed by atoms with E-state index in [0.29, 0.717) is 33.9 Å². The minimum absolute atomic E-state index is 0.0846. The van der Waals surface area contributed by atoms with Crippen LogP contribution >= 0.6 is 0 Å². The van der Waals surface area contributed by atoms with Crippen LogP contribution in [0, 0.1) is 6.57 Å². The number of rotatable bonds is 7. The van der Waals surface area contributed by atoms with E-state index in [2.05, 4.69) is 49.0 Å². The first-order chi connectivity index (χ1) is 17.1. The van der Waals surface area contributed by atoms with Crippen LogP contribution in [-0.4, -0.2) is 39.0 Å². The van der Waals surface area contributed by atoms with Crippen LogP contribution in [0.1, 0.15) is 24.8 Å². The third kappa shape index (κ3) is 4.75. The van der Waals surface area contributed by atoms with E-state index >= 15 is 0 Å². The summed E-state index contributed by atoms with van der Waals surface area (Å²) in [6, 6.07) is 13.6. The lowest BCUT2D eigenvalue weighted by atomic mass is 10.0. The van der Waals surface area contributed by atoms with E-state index in [0.717, 1.165) is 24.3 Å². The van der Waals surface area contributed by atoms with Gasteiger partial charge < -0.3 is 10.2 Å². The van der Waals surface area contributed by atoms with Gasteiger partial charge in [-0.2, -0.15) is 10.1 Å². The van der Waals surface area contributed by atoms with Gasteiger partial charge in [0.25, 0.3) is 0 Å². The zero-order valence-corrected chi connectivity index (χ0v) is 19.3. The van der Waals surface area contributed by atoms with E-state index in [1.165, 1.54) is 31.0 Å². The zero-order valence-electron chi connectivity index (χ0n) is 19.3. The van der Waals surface area contributed by atoms with Gasteiger partial charge in [-0.3, -0.25) is 9.89 Å². The maximum Gasteiger partial charge on any atom is 0.229 e. The van der Waals surface area contributed by atoms with E-state index in [1.807, 2.05) is 18.2 Å². The largest absolute Gasteiger partial charge is 0.371 e. The van der Waals surface area contributed by atoms with Gasteiger partial charge in [-0.05, 0) is 49.1 Å². The second kappa shape index (κ2) is 9.77. The number of nitrogens with zero attached hydrogens (tertiary/aromatic N) is 5. The minimum atomic E-state index is -0.0846. The highest BCUT2D eigenvalue weighted by atomic mass is 16.1. The summed E-state index contributed by atoms with van der Waals surface area (Å²) in [5.74, 6) is 0.314. The molecule has 174 valence electrons. The summed E-state index contributed by atoms with van der Waals surface area (Å²) in [6.45, 7) is 13.3. The molecule has 0 bridgehead atoms. The molecule has 2 N–H and O–H groups in total. The summed E-state index contributed by atoms with van der Waals surface area (Å²) in [5.41, 5.74) is 5.06. The fraction of sp³-hybridized carbons (Fsp3) is 0.222. The number of aromatic nitrogens is 4. The van der Waals surface area contributed by atoms with Crippen LogP contribution in [0.15, 0.2) is 61.3 Å². The molecule has 1 aliphatic rings. The Hall–Kier alpha value is -4.51. The third-order valence-corrected chi connectivity index (χ3v) is 6.18. The van der Waals surface area contributed by atoms with Gasteiger partial charge in [0, 0.05) is 36.4 Å². The SMILES string of the molecule is [C-]#[N+]c1ccc(CC(=O)C=C)cc1-c1nc(Nc2cccc(N3CCCCC3)c2)nc2[nH]ncc12. The number of benzene rings is 2. The monoisotopic (exact) mass is 463 g/mol. The summed E-state index contributed by atoms with van der Waals surface area (Å²) in [5, 5.41) is 11.1. The molecule has 0 unspecified atom stereocenters. The Bertz CT molecular complexity index is 1440. The molecule has 8 heteroatoms. The van der Waals surface area contributed by atoms with Crippen LogP contribution in [0.2, 0.25) is 0 Å². The van der Waals surface area contributed by atoms with Crippen LogP contribution < -0.4 is 10.2 Å². The highest BCUT2D eigenvalue weighted by Crippen LogP contribution is 2.35. The lowest BCUT2D eigenvalue weighted by Gasteiger charge is -2.29. The average Bonchev–Trinajstić information content (AvgIpc) is 3.37. The van der Waals surface area contributed by atoms with Crippen molar-refractivity contribution >= 4 is 39.8 Å². The molecule has 0 amide bonds. The van der Waals surface area contributed by atoms with Crippen molar-refractivity contribution in [3.63, 3.8) is 0 Å². The van der Waals surface area contributed by atoms with Gasteiger partial charge >= 0.3 is 0 Å². The average molecular weight is 464 g/mol. The normalized spacial score (nSPS) is 13.4. The smallest absolute Gasteiger partial charge is 0.229 e. The first-order valence-corrected chi connectivity index (χ1v) is 11.6. The summed E-state index contributed by atoms with van der Waals surface area (Å²) in [7, 11) is 0. The number of anilines is 3. The topological polar surface area (TPSA) is 91.2 Å². The van der Waals surface area contributed by atoms with Crippen molar-refractivity contribution < 1.29 is 4.79 Å². The van der Waals surface area contributed by atoms with Crippen LogP contribution in [0.5, 0.6) is 0 Å². The van der Waals surface area contributed by atoms with Gasteiger partial charge in [-0.15, -0.1) is 0 Å². The Morgan fingerprint density at radius 2 is 2.03 bits per heavy atom. The molecule has 0 radical (unpaired) electrons. The molecular formula is C27H25N7O. The van der Waals surface area contributed by atoms with E-state index in [1.54, 1.807) is 18.3 Å². The van der Waals surface area contributed by atoms with Crippen molar-refractivity contribution in [3.8, 4) is 11.3 Å². The highest BCUT2D eigenvalue weighted by Gasteiger charge is 2.17. The van der Waals surface area contributed by atoms with Gasteiger partial charge in [0.15, 0.2) is 17.1 Å². The standard InChI is InChI=1S/C27H25N7O/c1-3-21(35)14-18-10-11-24(28-2)22(15-18)25-23-17-29-33-26(23)32-27(31-25)30-19-8-7-9-20(16-19)34-12-5-4-6-13-34/h3,7-11,15-17H,1,4-6,12-14H2,(H2,29,30,31,32,33). The quantitative estimate of drug-likeness (QED) is 0.274. The molecule has 5 rings (SSSR count). The van der Waals surface area contributed by atoms with E-state index in [9.17, 15) is 4.79 Å². The van der Waals surface area contributed by atoms with E-state index in [4.69, 9.17) is 11.6 Å². The summed E-state index contributed by atoms with van der Waals surface area (Å²) < 4.78 is 0. The molecular weight excluding hydrogens is 438 g/mol. The molecule has 1 saturated heterocycles. The number of hydrogen-bond acceptors (Lipinski definition) is 6. The maximum atomic E-state index is 11.9. The van der Waals surface area contributed by atoms with Gasteiger partial charge in [0.05, 0.1) is 23.8 Å². The second-order valence-electron chi connectivity index (χ2n) is 8.56. The van der Waals surface area contributed by atoms with Gasteiger partial charge in [-0.1, -0.05) is 30.8 Å².